The van der Waals surface area contributed by atoms with Crippen LogP contribution in [0.1, 0.15) is 50.0 Å². The average molecular weight is 336 g/mol. The van der Waals surface area contributed by atoms with Crippen molar-refractivity contribution in [3.05, 3.63) is 52.4 Å². The molecule has 0 atom stereocenters. The lowest BCUT2D eigenvalue weighted by Gasteiger charge is -2.37. The fourth-order valence-corrected chi connectivity index (χ4v) is 4.28. The minimum atomic E-state index is -0.192. The van der Waals surface area contributed by atoms with E-state index >= 15 is 0 Å². The smallest absolute Gasteiger partial charge is 0.161 e. The first-order valence-corrected chi connectivity index (χ1v) is 9.13. The summed E-state index contributed by atoms with van der Waals surface area (Å²) in [5, 5.41) is 3.46. The SMILES string of the molecule is CN(C)c1ccc(C2C3=C(CCCC3=O)NC3=C2C(=O)CCC3)cc1. The molecule has 0 bridgehead atoms. The molecule has 0 fully saturated rings. The molecule has 1 heterocycles. The molecule has 0 radical (unpaired) electrons. The highest BCUT2D eigenvalue weighted by molar-refractivity contribution is 6.06. The number of benzene rings is 1. The van der Waals surface area contributed by atoms with Gasteiger partial charge >= 0.3 is 0 Å². The second-order valence-electron chi connectivity index (χ2n) is 7.38. The molecular formula is C21H24N2O2. The molecule has 3 aliphatic rings. The van der Waals surface area contributed by atoms with E-state index in [-0.39, 0.29) is 17.5 Å². The maximum absolute atomic E-state index is 12.7. The van der Waals surface area contributed by atoms with Gasteiger partial charge in [0.1, 0.15) is 0 Å². The van der Waals surface area contributed by atoms with E-state index < -0.39 is 0 Å². The van der Waals surface area contributed by atoms with E-state index in [0.29, 0.717) is 12.8 Å². The van der Waals surface area contributed by atoms with E-state index in [4.69, 9.17) is 0 Å². The summed E-state index contributed by atoms with van der Waals surface area (Å²) in [6.07, 6.45) is 4.77. The molecule has 0 amide bonds. The van der Waals surface area contributed by atoms with E-state index in [2.05, 4.69) is 34.5 Å². The third-order valence-electron chi connectivity index (χ3n) is 5.53. The minimum absolute atomic E-state index is 0.192. The second-order valence-corrected chi connectivity index (χ2v) is 7.38. The highest BCUT2D eigenvalue weighted by Gasteiger charge is 2.39. The molecule has 2 aliphatic carbocycles. The van der Waals surface area contributed by atoms with Crippen molar-refractivity contribution in [3.63, 3.8) is 0 Å². The minimum Gasteiger partial charge on any atom is -0.378 e. The summed E-state index contributed by atoms with van der Waals surface area (Å²) < 4.78 is 0. The van der Waals surface area contributed by atoms with Gasteiger partial charge in [0.15, 0.2) is 11.6 Å². The topological polar surface area (TPSA) is 49.4 Å². The van der Waals surface area contributed by atoms with E-state index in [1.54, 1.807) is 0 Å². The second kappa shape index (κ2) is 6.17. The first-order chi connectivity index (χ1) is 12.1. The van der Waals surface area contributed by atoms with Crippen LogP contribution in [0.15, 0.2) is 46.8 Å². The number of carbonyl (C=O) groups excluding carboxylic acids is 2. The van der Waals surface area contributed by atoms with Crippen molar-refractivity contribution >= 4 is 17.3 Å². The van der Waals surface area contributed by atoms with Crippen LogP contribution in [0.3, 0.4) is 0 Å². The molecule has 1 aromatic rings. The Morgan fingerprint density at radius 3 is 1.84 bits per heavy atom. The Kier molecular flexibility index (Phi) is 3.98. The summed E-state index contributed by atoms with van der Waals surface area (Å²) in [4.78, 5) is 27.5. The molecule has 0 saturated carbocycles. The molecule has 0 unspecified atom stereocenters. The zero-order chi connectivity index (χ0) is 17.6. The fraction of sp³-hybridized carbons (Fsp3) is 0.429. The van der Waals surface area contributed by atoms with Crippen molar-refractivity contribution in [1.82, 2.24) is 5.32 Å². The number of anilines is 1. The van der Waals surface area contributed by atoms with Gasteiger partial charge in [-0.3, -0.25) is 9.59 Å². The molecule has 4 rings (SSSR count). The number of Topliss-reactive ketones (excluding diaryl/α,β-unsaturated/α-hetero) is 2. The van der Waals surface area contributed by atoms with Gasteiger partial charge in [-0.15, -0.1) is 0 Å². The summed E-state index contributed by atoms with van der Waals surface area (Å²) in [5.41, 5.74) is 5.93. The number of hydrogen-bond acceptors (Lipinski definition) is 4. The number of hydrogen-bond donors (Lipinski definition) is 1. The van der Waals surface area contributed by atoms with Crippen molar-refractivity contribution in [2.45, 2.75) is 44.4 Å². The molecule has 4 nitrogen and oxygen atoms in total. The average Bonchev–Trinajstić information content (AvgIpc) is 2.60. The molecule has 1 N–H and O–H groups in total. The zero-order valence-corrected chi connectivity index (χ0v) is 14.9. The van der Waals surface area contributed by atoms with E-state index in [1.165, 1.54) is 0 Å². The molecule has 4 heteroatoms. The van der Waals surface area contributed by atoms with Gasteiger partial charge in [0.2, 0.25) is 0 Å². The number of nitrogens with one attached hydrogen (secondary N) is 1. The molecule has 1 aliphatic heterocycles. The Hall–Kier alpha value is -2.36. The van der Waals surface area contributed by atoms with Crippen LogP contribution in [-0.4, -0.2) is 25.7 Å². The van der Waals surface area contributed by atoms with Crippen LogP contribution in [-0.2, 0) is 9.59 Å². The maximum Gasteiger partial charge on any atom is 0.161 e. The number of allylic oxidation sites excluding steroid dienone is 4. The molecular weight excluding hydrogens is 312 g/mol. The third-order valence-corrected chi connectivity index (χ3v) is 5.53. The zero-order valence-electron chi connectivity index (χ0n) is 14.9. The molecule has 0 aromatic heterocycles. The van der Waals surface area contributed by atoms with Crippen LogP contribution in [0.4, 0.5) is 5.69 Å². The number of dihydropyridines is 1. The fourth-order valence-electron chi connectivity index (χ4n) is 4.28. The Morgan fingerprint density at radius 2 is 1.36 bits per heavy atom. The van der Waals surface area contributed by atoms with Gasteiger partial charge in [0.25, 0.3) is 0 Å². The lowest BCUT2D eigenvalue weighted by Crippen LogP contribution is -2.36. The van der Waals surface area contributed by atoms with Gasteiger partial charge in [0, 0.05) is 61.1 Å². The molecule has 0 spiro atoms. The largest absolute Gasteiger partial charge is 0.378 e. The number of rotatable bonds is 2. The first-order valence-electron chi connectivity index (χ1n) is 9.13. The quantitative estimate of drug-likeness (QED) is 0.899. The normalized spacial score (nSPS) is 21.0. The van der Waals surface area contributed by atoms with Gasteiger partial charge < -0.3 is 10.2 Å². The Bertz CT molecular complexity index is 758. The lowest BCUT2D eigenvalue weighted by atomic mass is 9.71. The lowest BCUT2D eigenvalue weighted by molar-refractivity contribution is -0.116. The first kappa shape index (κ1) is 16.1. The molecule has 25 heavy (non-hydrogen) atoms. The van der Waals surface area contributed by atoms with Gasteiger partial charge in [-0.05, 0) is 43.4 Å². The standard InChI is InChI=1S/C21H24N2O2/c1-23(2)14-11-9-13(10-12-14)19-20-15(5-3-7-17(20)24)22-16-6-4-8-18(25)21(16)19/h9-12,19,22H,3-8H2,1-2H3. The summed E-state index contributed by atoms with van der Waals surface area (Å²) >= 11 is 0. The van der Waals surface area contributed by atoms with Crippen molar-refractivity contribution in [1.29, 1.82) is 0 Å². The maximum atomic E-state index is 12.7. The van der Waals surface area contributed by atoms with Crippen LogP contribution in [0.2, 0.25) is 0 Å². The summed E-state index contributed by atoms with van der Waals surface area (Å²) in [6.45, 7) is 0. The van der Waals surface area contributed by atoms with Crippen molar-refractivity contribution < 1.29 is 9.59 Å². The Labute approximate surface area is 148 Å². The van der Waals surface area contributed by atoms with E-state index in [9.17, 15) is 9.59 Å². The molecule has 130 valence electrons. The summed E-state index contributed by atoms with van der Waals surface area (Å²) in [5.74, 6) is 0.198. The third kappa shape index (κ3) is 2.70. The van der Waals surface area contributed by atoms with Crippen LogP contribution < -0.4 is 10.2 Å². The van der Waals surface area contributed by atoms with Crippen LogP contribution in [0.25, 0.3) is 0 Å². The van der Waals surface area contributed by atoms with Gasteiger partial charge in [-0.1, -0.05) is 12.1 Å². The highest BCUT2D eigenvalue weighted by atomic mass is 16.1. The molecule has 0 saturated heterocycles. The number of ketones is 2. The van der Waals surface area contributed by atoms with Crippen LogP contribution >= 0.6 is 0 Å². The Morgan fingerprint density at radius 1 is 0.840 bits per heavy atom. The predicted molar refractivity (Wildman–Crippen MR) is 98.4 cm³/mol. The summed E-state index contributed by atoms with van der Waals surface area (Å²) in [7, 11) is 4.02. The summed E-state index contributed by atoms with van der Waals surface area (Å²) in [6, 6.07) is 8.28. The number of carbonyl (C=O) groups is 2. The van der Waals surface area contributed by atoms with Crippen molar-refractivity contribution in [2.24, 2.45) is 0 Å². The number of nitrogens with zero attached hydrogens (tertiary/aromatic N) is 1. The van der Waals surface area contributed by atoms with Crippen LogP contribution in [0, 0.1) is 0 Å². The Balaban J connectivity index is 1.85. The van der Waals surface area contributed by atoms with Crippen LogP contribution in [0.5, 0.6) is 0 Å². The van der Waals surface area contributed by atoms with E-state index in [1.807, 2.05) is 14.1 Å². The predicted octanol–water partition coefficient (Wildman–Crippen LogP) is 3.45. The van der Waals surface area contributed by atoms with E-state index in [0.717, 1.165) is 59.5 Å². The van der Waals surface area contributed by atoms with Crippen molar-refractivity contribution in [2.75, 3.05) is 19.0 Å². The highest BCUT2D eigenvalue weighted by Crippen LogP contribution is 2.45. The van der Waals surface area contributed by atoms with Gasteiger partial charge in [-0.25, -0.2) is 0 Å². The van der Waals surface area contributed by atoms with Gasteiger partial charge in [0.05, 0.1) is 0 Å². The van der Waals surface area contributed by atoms with Gasteiger partial charge in [-0.2, -0.15) is 0 Å². The monoisotopic (exact) mass is 336 g/mol. The van der Waals surface area contributed by atoms with Crippen molar-refractivity contribution in [3.8, 4) is 0 Å². The molecule has 1 aromatic carbocycles.